The molecule has 0 saturated heterocycles. The van der Waals surface area contributed by atoms with Crippen LogP contribution in [0.4, 0.5) is 0 Å². The number of rotatable bonds is 9. The molecule has 0 saturated carbocycles. The van der Waals surface area contributed by atoms with Crippen molar-refractivity contribution in [3.05, 3.63) is 0 Å². The van der Waals surface area contributed by atoms with E-state index in [-0.39, 0.29) is 0 Å². The van der Waals surface area contributed by atoms with E-state index in [1.54, 1.807) is 0 Å². The van der Waals surface area contributed by atoms with Gasteiger partial charge in [0, 0.05) is 46.3 Å². The molecule has 0 aliphatic carbocycles. The number of carbonyl (C=O) groups excluding carboxylic acids is 2. The van der Waals surface area contributed by atoms with Gasteiger partial charge in [-0.25, -0.2) is 0 Å². The second-order valence-electron chi connectivity index (χ2n) is 3.17. The molecule has 10 nitrogen and oxygen atoms in total. The standard InChI is InChI=1S/C4H12Cl2N6O4P2S4/c5-1(3(13)11-17(15,19-7)20-8)2(6)4(14)12-18(16,21-9)22-10/h1-2H,7-10H2,(H,11,13,15)(H,12,14,16)/t1-,2+. The first kappa shape index (κ1) is 23.2. The van der Waals surface area contributed by atoms with Crippen LogP contribution in [0.2, 0.25) is 0 Å². The lowest BCUT2D eigenvalue weighted by Crippen LogP contribution is -2.42. The van der Waals surface area contributed by atoms with Gasteiger partial charge in [-0.1, -0.05) is 0 Å². The number of alkyl halides is 2. The van der Waals surface area contributed by atoms with E-state index in [9.17, 15) is 18.7 Å². The van der Waals surface area contributed by atoms with Crippen molar-refractivity contribution in [3.63, 3.8) is 0 Å². The number of halogens is 2. The monoisotopic (exact) mass is 468 g/mol. The van der Waals surface area contributed by atoms with E-state index in [0.29, 0.717) is 46.3 Å². The predicted octanol–water partition coefficient (Wildman–Crippen LogP) is 1.08. The van der Waals surface area contributed by atoms with Crippen LogP contribution in [0.25, 0.3) is 0 Å². The summed E-state index contributed by atoms with van der Waals surface area (Å²) < 4.78 is 23.7. The number of hydrogen-bond acceptors (Lipinski definition) is 12. The number of nitrogens with one attached hydrogen (secondary N) is 2. The summed E-state index contributed by atoms with van der Waals surface area (Å²) in [6.45, 7) is 0. The van der Waals surface area contributed by atoms with Crippen LogP contribution >= 0.6 is 80.9 Å². The quantitative estimate of drug-likeness (QED) is 0.160. The maximum Gasteiger partial charge on any atom is 0.308 e. The zero-order valence-corrected chi connectivity index (χ0v) is 16.9. The molecule has 0 aromatic heterocycles. The molecule has 0 rings (SSSR count). The minimum atomic E-state index is -3.50. The molecule has 130 valence electrons. The Morgan fingerprint density at radius 1 is 0.773 bits per heavy atom. The molecule has 2 amide bonds. The molecular weight excluding hydrogens is 457 g/mol. The van der Waals surface area contributed by atoms with Gasteiger partial charge in [0.15, 0.2) is 0 Å². The third kappa shape index (κ3) is 6.99. The van der Waals surface area contributed by atoms with Gasteiger partial charge in [0.05, 0.1) is 0 Å². The first-order valence-corrected chi connectivity index (χ1v) is 15.0. The summed E-state index contributed by atoms with van der Waals surface area (Å²) in [7, 11) is 0. The summed E-state index contributed by atoms with van der Waals surface area (Å²) in [5, 5.41) is 21.2. The average Bonchev–Trinajstić information content (AvgIpc) is 2.52. The molecule has 0 heterocycles. The summed E-state index contributed by atoms with van der Waals surface area (Å²) in [5.74, 6) is -2.07. The van der Waals surface area contributed by atoms with Gasteiger partial charge in [-0.3, -0.25) is 49.4 Å². The maximum atomic E-state index is 11.8. The van der Waals surface area contributed by atoms with Gasteiger partial charge in [0.1, 0.15) is 10.8 Å². The summed E-state index contributed by atoms with van der Waals surface area (Å²) in [6, 6.07) is 0. The van der Waals surface area contributed by atoms with E-state index in [1.807, 2.05) is 10.2 Å². The molecule has 0 aliphatic rings. The first-order chi connectivity index (χ1) is 10.1. The minimum absolute atomic E-state index is 0.330. The Morgan fingerprint density at radius 2 is 1.00 bits per heavy atom. The molecule has 0 aromatic carbocycles. The van der Waals surface area contributed by atoms with Crippen LogP contribution in [-0.4, -0.2) is 22.6 Å². The Balaban J connectivity index is 4.88. The smallest absolute Gasteiger partial charge is 0.288 e. The van der Waals surface area contributed by atoms with Crippen LogP contribution in [-0.2, 0) is 18.7 Å². The fourth-order valence-electron chi connectivity index (χ4n) is 0.814. The number of carbonyl (C=O) groups is 2. The largest absolute Gasteiger partial charge is 0.308 e. The maximum absolute atomic E-state index is 11.8. The second kappa shape index (κ2) is 10.3. The molecule has 0 aromatic rings. The van der Waals surface area contributed by atoms with Gasteiger partial charge in [-0.15, -0.1) is 23.2 Å². The number of nitrogens with two attached hydrogens (primary N) is 4. The highest BCUT2D eigenvalue weighted by molar-refractivity contribution is 8.89. The van der Waals surface area contributed by atoms with E-state index in [4.69, 9.17) is 43.8 Å². The van der Waals surface area contributed by atoms with Gasteiger partial charge < -0.3 is 0 Å². The van der Waals surface area contributed by atoms with Crippen LogP contribution in [0.15, 0.2) is 0 Å². The van der Waals surface area contributed by atoms with Crippen molar-refractivity contribution >= 4 is 92.7 Å². The molecule has 0 spiro atoms. The van der Waals surface area contributed by atoms with Crippen molar-refractivity contribution in [2.75, 3.05) is 0 Å². The average molecular weight is 469 g/mol. The Labute approximate surface area is 152 Å². The van der Waals surface area contributed by atoms with Gasteiger partial charge >= 0.3 is 11.4 Å². The van der Waals surface area contributed by atoms with Crippen LogP contribution in [0, 0.1) is 0 Å². The Morgan fingerprint density at radius 3 is 1.18 bits per heavy atom. The van der Waals surface area contributed by atoms with E-state index in [2.05, 4.69) is 0 Å². The van der Waals surface area contributed by atoms with Crippen molar-refractivity contribution in [1.82, 2.24) is 10.2 Å². The third-order valence-corrected chi connectivity index (χ3v) is 12.5. The molecule has 22 heavy (non-hydrogen) atoms. The first-order valence-electron chi connectivity index (χ1n) is 4.74. The lowest BCUT2D eigenvalue weighted by Gasteiger charge is -2.20. The van der Waals surface area contributed by atoms with E-state index < -0.39 is 34.0 Å². The summed E-state index contributed by atoms with van der Waals surface area (Å²) in [4.78, 5) is 23.6. The Hall–Kier alpha value is 1.22. The Kier molecular flexibility index (Phi) is 10.8. The molecular formula is C4H12Cl2N6O4P2S4. The topological polar surface area (TPSA) is 196 Å². The normalized spacial score (nSPS) is 15.0. The SMILES string of the molecule is NSP(=O)(NC(=O)[C@@H](Cl)[C@@H](Cl)C(=O)NP(=O)(SN)SN)SN. The van der Waals surface area contributed by atoms with E-state index in [0.717, 1.165) is 0 Å². The summed E-state index contributed by atoms with van der Waals surface area (Å²) in [5.41, 5.74) is -7.00. The van der Waals surface area contributed by atoms with E-state index >= 15 is 0 Å². The van der Waals surface area contributed by atoms with Gasteiger partial charge in [-0.2, -0.15) is 0 Å². The predicted molar refractivity (Wildman–Crippen MR) is 97.9 cm³/mol. The zero-order chi connectivity index (χ0) is 17.6. The molecule has 0 aliphatic heterocycles. The van der Waals surface area contributed by atoms with Gasteiger partial charge in [0.25, 0.3) is 0 Å². The highest BCUT2D eigenvalue weighted by Crippen LogP contribution is 2.61. The fraction of sp³-hybridized carbons (Fsp3) is 0.500. The molecule has 0 bridgehead atoms. The van der Waals surface area contributed by atoms with Crippen LogP contribution < -0.4 is 30.7 Å². The zero-order valence-electron chi connectivity index (χ0n) is 10.4. The number of hydrogen-bond donors (Lipinski definition) is 6. The molecule has 18 heteroatoms. The van der Waals surface area contributed by atoms with Crippen molar-refractivity contribution in [2.24, 2.45) is 20.6 Å². The third-order valence-electron chi connectivity index (χ3n) is 1.81. The lowest BCUT2D eigenvalue weighted by molar-refractivity contribution is -0.123. The van der Waals surface area contributed by atoms with Crippen molar-refractivity contribution < 1.29 is 18.7 Å². The molecule has 10 N–H and O–H groups in total. The second-order valence-corrected chi connectivity index (χ2v) is 17.5. The summed E-state index contributed by atoms with van der Waals surface area (Å²) >= 11 is 12.8. The lowest BCUT2D eigenvalue weighted by atomic mass is 10.3. The highest BCUT2D eigenvalue weighted by atomic mass is 35.5. The van der Waals surface area contributed by atoms with Crippen LogP contribution in [0.3, 0.4) is 0 Å². The van der Waals surface area contributed by atoms with Crippen LogP contribution in [0.5, 0.6) is 0 Å². The van der Waals surface area contributed by atoms with Gasteiger partial charge in [0.2, 0.25) is 11.8 Å². The fourth-order valence-corrected chi connectivity index (χ4v) is 5.34. The van der Waals surface area contributed by atoms with E-state index in [1.165, 1.54) is 0 Å². The number of amides is 2. The highest BCUT2D eigenvalue weighted by Gasteiger charge is 2.37. The van der Waals surface area contributed by atoms with Gasteiger partial charge in [-0.05, 0) is 0 Å². The Bertz CT molecular complexity index is 455. The molecule has 0 radical (unpaired) electrons. The van der Waals surface area contributed by atoms with Crippen molar-refractivity contribution in [3.8, 4) is 0 Å². The van der Waals surface area contributed by atoms with Crippen molar-refractivity contribution in [2.45, 2.75) is 10.8 Å². The molecule has 2 atom stereocenters. The summed E-state index contributed by atoms with van der Waals surface area (Å²) in [6.07, 6.45) is 0. The minimum Gasteiger partial charge on any atom is -0.288 e. The molecule has 0 fully saturated rings. The van der Waals surface area contributed by atoms with Crippen molar-refractivity contribution in [1.29, 1.82) is 0 Å². The molecule has 0 unspecified atom stereocenters. The van der Waals surface area contributed by atoms with Crippen LogP contribution in [0.1, 0.15) is 0 Å².